The van der Waals surface area contributed by atoms with Crippen LogP contribution < -0.4 is 9.47 Å². The van der Waals surface area contributed by atoms with Crippen LogP contribution in [0.3, 0.4) is 0 Å². The second kappa shape index (κ2) is 4.16. The average molecular weight is 262 g/mol. The van der Waals surface area contributed by atoms with Crippen molar-refractivity contribution in [1.29, 1.82) is 0 Å². The van der Waals surface area contributed by atoms with Gasteiger partial charge in [-0.05, 0) is 24.3 Å². The lowest BCUT2D eigenvalue weighted by molar-refractivity contribution is -0.198. The lowest BCUT2D eigenvalue weighted by Gasteiger charge is -2.14. The van der Waals surface area contributed by atoms with Gasteiger partial charge in [0.2, 0.25) is 0 Å². The topological polar surface area (TPSA) is 48.1 Å². The van der Waals surface area contributed by atoms with Gasteiger partial charge in [-0.15, -0.1) is 0 Å². The molecule has 1 heterocycles. The Bertz CT molecular complexity index is 448. The molecule has 1 saturated heterocycles. The van der Waals surface area contributed by atoms with Crippen molar-refractivity contribution in [3.05, 3.63) is 24.3 Å². The predicted octanol–water partition coefficient (Wildman–Crippen LogP) is 1.93. The van der Waals surface area contributed by atoms with E-state index in [0.29, 0.717) is 5.75 Å². The van der Waals surface area contributed by atoms with Crippen molar-refractivity contribution in [3.63, 3.8) is 0 Å². The van der Waals surface area contributed by atoms with E-state index in [0.717, 1.165) is 0 Å². The number of halogens is 3. The molecule has 2 rings (SSSR count). The molecule has 1 aliphatic heterocycles. The number of benzene rings is 1. The van der Waals surface area contributed by atoms with E-state index < -0.39 is 24.4 Å². The summed E-state index contributed by atoms with van der Waals surface area (Å²) in [5, 5.41) is 0. The fourth-order valence-electron chi connectivity index (χ4n) is 1.30. The number of esters is 1. The van der Waals surface area contributed by atoms with Gasteiger partial charge in [-0.3, -0.25) is 0 Å². The molecule has 1 fully saturated rings. The van der Waals surface area contributed by atoms with Crippen molar-refractivity contribution < 1.29 is 32.2 Å². The van der Waals surface area contributed by atoms with E-state index in [-0.39, 0.29) is 5.75 Å². The minimum absolute atomic E-state index is 0.0000694. The predicted molar refractivity (Wildman–Crippen MR) is 53.4 cm³/mol. The maximum atomic E-state index is 12.5. The molecule has 0 N–H and O–H groups in total. The third kappa shape index (κ3) is 2.13. The largest absolute Gasteiger partial charge is 0.497 e. The fraction of sp³-hybridized carbons (Fsp3) is 0.364. The summed E-state index contributed by atoms with van der Waals surface area (Å²) in [7, 11) is 1.44. The van der Waals surface area contributed by atoms with E-state index in [1.165, 1.54) is 31.4 Å². The zero-order valence-electron chi connectivity index (χ0n) is 9.28. The van der Waals surface area contributed by atoms with Crippen molar-refractivity contribution in [3.8, 4) is 11.5 Å². The molecular formula is C11H9F3O4. The third-order valence-corrected chi connectivity index (χ3v) is 2.49. The lowest BCUT2D eigenvalue weighted by Crippen LogP contribution is -2.43. The highest BCUT2D eigenvalue weighted by Gasteiger charge is 2.73. The quantitative estimate of drug-likeness (QED) is 0.474. The normalized spacial score (nSPS) is 22.4. The molecule has 18 heavy (non-hydrogen) atoms. The molecule has 1 aromatic rings. The summed E-state index contributed by atoms with van der Waals surface area (Å²) in [6.07, 6.45) is -4.77. The summed E-state index contributed by atoms with van der Waals surface area (Å²) in [5.41, 5.74) is -2.80. The van der Waals surface area contributed by atoms with Crippen LogP contribution in [0.4, 0.5) is 13.2 Å². The van der Waals surface area contributed by atoms with Crippen LogP contribution in [0.25, 0.3) is 0 Å². The summed E-state index contributed by atoms with van der Waals surface area (Å²) < 4.78 is 51.3. The standard InChI is InChI=1S/C11H9F3O4/c1-16-7-2-4-8(5-3-7)18-9(15)10(6-17-10)11(12,13)14/h2-5H,6H2,1H3/t10-/m1/s1. The number of alkyl halides is 3. The van der Waals surface area contributed by atoms with Crippen LogP contribution in [-0.2, 0) is 9.53 Å². The summed E-state index contributed by atoms with van der Waals surface area (Å²) in [4.78, 5) is 11.4. The zero-order valence-corrected chi connectivity index (χ0v) is 9.28. The number of hydrogen-bond donors (Lipinski definition) is 0. The lowest BCUT2D eigenvalue weighted by atomic mass is 10.1. The fourth-order valence-corrected chi connectivity index (χ4v) is 1.30. The van der Waals surface area contributed by atoms with Gasteiger partial charge in [-0.25, -0.2) is 4.79 Å². The summed E-state index contributed by atoms with van der Waals surface area (Å²) in [5.74, 6) is -0.955. The van der Waals surface area contributed by atoms with E-state index in [9.17, 15) is 18.0 Å². The first-order chi connectivity index (χ1) is 8.39. The Morgan fingerprint density at radius 1 is 1.28 bits per heavy atom. The SMILES string of the molecule is COc1ccc(OC(=O)[C@@]2(C(F)(F)F)CO2)cc1. The Kier molecular flexibility index (Phi) is 2.94. The van der Waals surface area contributed by atoms with Gasteiger partial charge in [0.05, 0.1) is 13.7 Å². The molecule has 1 atom stereocenters. The van der Waals surface area contributed by atoms with Crippen LogP contribution in [0.1, 0.15) is 0 Å². The smallest absolute Gasteiger partial charge is 0.430 e. The number of epoxide rings is 1. The Hall–Kier alpha value is -1.76. The van der Waals surface area contributed by atoms with Crippen molar-refractivity contribution in [2.75, 3.05) is 13.7 Å². The van der Waals surface area contributed by atoms with Gasteiger partial charge < -0.3 is 14.2 Å². The van der Waals surface area contributed by atoms with Crippen molar-refractivity contribution in [1.82, 2.24) is 0 Å². The van der Waals surface area contributed by atoms with Crippen LogP contribution in [0.5, 0.6) is 11.5 Å². The molecule has 0 spiro atoms. The van der Waals surface area contributed by atoms with Gasteiger partial charge in [-0.2, -0.15) is 13.2 Å². The van der Waals surface area contributed by atoms with Crippen molar-refractivity contribution in [2.24, 2.45) is 0 Å². The van der Waals surface area contributed by atoms with Gasteiger partial charge in [0, 0.05) is 0 Å². The maximum absolute atomic E-state index is 12.5. The summed E-state index contributed by atoms with van der Waals surface area (Å²) in [6.45, 7) is -0.703. The van der Waals surface area contributed by atoms with Crippen molar-refractivity contribution in [2.45, 2.75) is 11.8 Å². The summed E-state index contributed by atoms with van der Waals surface area (Å²) >= 11 is 0. The maximum Gasteiger partial charge on any atom is 0.430 e. The molecule has 1 aromatic carbocycles. The molecule has 0 aromatic heterocycles. The zero-order chi connectivity index (χ0) is 13.4. The van der Waals surface area contributed by atoms with E-state index in [1.807, 2.05) is 0 Å². The number of methoxy groups -OCH3 is 1. The molecular weight excluding hydrogens is 253 g/mol. The van der Waals surface area contributed by atoms with Crippen LogP contribution >= 0.6 is 0 Å². The molecule has 0 radical (unpaired) electrons. The van der Waals surface area contributed by atoms with Crippen LogP contribution in [-0.4, -0.2) is 31.5 Å². The Morgan fingerprint density at radius 2 is 1.78 bits per heavy atom. The Morgan fingerprint density at radius 3 is 2.17 bits per heavy atom. The highest BCUT2D eigenvalue weighted by Crippen LogP contribution is 2.44. The first kappa shape index (κ1) is 12.7. The molecule has 0 bridgehead atoms. The van der Waals surface area contributed by atoms with Gasteiger partial charge in [-0.1, -0.05) is 0 Å². The van der Waals surface area contributed by atoms with Gasteiger partial charge >= 0.3 is 12.1 Å². The van der Waals surface area contributed by atoms with Gasteiger partial charge in [0.15, 0.2) is 0 Å². The van der Waals surface area contributed by atoms with Gasteiger partial charge in [0.1, 0.15) is 11.5 Å². The second-order valence-corrected chi connectivity index (χ2v) is 3.68. The second-order valence-electron chi connectivity index (χ2n) is 3.68. The molecule has 1 aliphatic rings. The third-order valence-electron chi connectivity index (χ3n) is 2.49. The Labute approximate surface area is 100 Å². The van der Waals surface area contributed by atoms with Gasteiger partial charge in [0.25, 0.3) is 5.60 Å². The number of carbonyl (C=O) groups excluding carboxylic acids is 1. The van der Waals surface area contributed by atoms with E-state index in [2.05, 4.69) is 9.47 Å². The number of rotatable bonds is 3. The minimum Gasteiger partial charge on any atom is -0.497 e. The first-order valence-corrected chi connectivity index (χ1v) is 4.96. The molecule has 0 saturated carbocycles. The molecule has 0 unspecified atom stereocenters. The Balaban J connectivity index is 2.08. The molecule has 7 heteroatoms. The van der Waals surface area contributed by atoms with E-state index >= 15 is 0 Å². The molecule has 0 aliphatic carbocycles. The summed E-state index contributed by atoms with van der Waals surface area (Å²) in [6, 6.07) is 5.61. The van der Waals surface area contributed by atoms with Crippen LogP contribution in [0.2, 0.25) is 0 Å². The molecule has 98 valence electrons. The number of ether oxygens (including phenoxy) is 3. The highest BCUT2D eigenvalue weighted by molar-refractivity contribution is 5.85. The monoisotopic (exact) mass is 262 g/mol. The van der Waals surface area contributed by atoms with Crippen molar-refractivity contribution >= 4 is 5.97 Å². The average Bonchev–Trinajstić information content (AvgIpc) is 3.10. The van der Waals surface area contributed by atoms with Crippen LogP contribution in [0, 0.1) is 0 Å². The number of carbonyl (C=O) groups is 1. The molecule has 0 amide bonds. The van der Waals surface area contributed by atoms with E-state index in [1.54, 1.807) is 0 Å². The minimum atomic E-state index is -4.77. The highest BCUT2D eigenvalue weighted by atomic mass is 19.4. The van der Waals surface area contributed by atoms with E-state index in [4.69, 9.17) is 4.74 Å². The number of hydrogen-bond acceptors (Lipinski definition) is 4. The van der Waals surface area contributed by atoms with Crippen LogP contribution in [0.15, 0.2) is 24.3 Å². The molecule has 4 nitrogen and oxygen atoms in total. The first-order valence-electron chi connectivity index (χ1n) is 4.96.